The maximum absolute atomic E-state index is 14.8. The predicted molar refractivity (Wildman–Crippen MR) is 135 cm³/mol. The molecule has 4 aromatic rings. The van der Waals surface area contributed by atoms with Gasteiger partial charge in [-0.05, 0) is 55.9 Å². The Morgan fingerprint density at radius 2 is 1.86 bits per heavy atom. The minimum atomic E-state index is -1.05. The molecule has 6 rings (SSSR count). The molecule has 2 fully saturated rings. The van der Waals surface area contributed by atoms with Crippen molar-refractivity contribution in [2.45, 2.75) is 44.7 Å². The molecule has 1 aliphatic carbocycles. The lowest BCUT2D eigenvalue weighted by molar-refractivity contribution is 0.187. The van der Waals surface area contributed by atoms with Crippen LogP contribution in [0.1, 0.15) is 37.3 Å². The summed E-state index contributed by atoms with van der Waals surface area (Å²) in [4.78, 5) is 31.1. The van der Waals surface area contributed by atoms with Crippen molar-refractivity contribution in [2.24, 2.45) is 0 Å². The first-order valence-corrected chi connectivity index (χ1v) is 12.2. The van der Waals surface area contributed by atoms with Gasteiger partial charge in [0.1, 0.15) is 11.6 Å². The molecule has 4 N–H and O–H groups in total. The molecule has 0 unspecified atom stereocenters. The molecule has 0 spiro atoms. The van der Waals surface area contributed by atoms with E-state index in [4.69, 9.17) is 15.3 Å². The second-order valence-corrected chi connectivity index (χ2v) is 9.78. The molecule has 2 aromatic heterocycles. The molecule has 2 aliphatic rings. The smallest absolute Gasteiger partial charge is 0.404 e. The predicted octanol–water partition coefficient (Wildman–Crippen LogP) is 4.55. The zero-order valence-corrected chi connectivity index (χ0v) is 20.1. The molecule has 9 nitrogen and oxygen atoms in total. The first-order chi connectivity index (χ1) is 17.7. The summed E-state index contributed by atoms with van der Waals surface area (Å²) in [5, 5.41) is 12.1. The third kappa shape index (κ3) is 3.85. The number of nitrogens with two attached hydrogens (primary N) is 1. The second kappa shape index (κ2) is 8.46. The fraction of sp³-hybridized carbons (Fsp3) is 0.346. The number of carbonyl (C=O) groups is 1. The van der Waals surface area contributed by atoms with Gasteiger partial charge in [-0.25, -0.2) is 13.6 Å². The normalized spacial score (nSPS) is 16.6. The molecule has 2 aromatic carbocycles. The van der Waals surface area contributed by atoms with Crippen LogP contribution in [0.25, 0.3) is 33.1 Å². The molecule has 1 saturated heterocycles. The van der Waals surface area contributed by atoms with Gasteiger partial charge in [-0.1, -0.05) is 6.07 Å². The number of nitrogens with one attached hydrogen (secondary N) is 1. The molecule has 11 heteroatoms. The molecule has 0 radical (unpaired) electrons. The number of nitrogen functional groups attached to an aromatic ring is 1. The van der Waals surface area contributed by atoms with Crippen molar-refractivity contribution >= 4 is 39.8 Å². The number of pyridine rings is 1. The van der Waals surface area contributed by atoms with Gasteiger partial charge in [0.05, 0.1) is 11.2 Å². The Balaban J connectivity index is 1.49. The topological polar surface area (TPSA) is 127 Å². The van der Waals surface area contributed by atoms with Gasteiger partial charge in [0, 0.05) is 42.2 Å². The average Bonchev–Trinajstić information content (AvgIpc) is 3.59. The van der Waals surface area contributed by atoms with Crippen molar-refractivity contribution in [1.82, 2.24) is 14.9 Å². The van der Waals surface area contributed by atoms with Crippen LogP contribution >= 0.6 is 0 Å². The Labute approximate surface area is 209 Å². The highest BCUT2D eigenvalue weighted by Crippen LogP contribution is 2.41. The highest BCUT2D eigenvalue weighted by Gasteiger charge is 2.31. The van der Waals surface area contributed by atoms with Crippen LogP contribution in [0.3, 0.4) is 0 Å². The summed E-state index contributed by atoms with van der Waals surface area (Å²) in [6, 6.07) is 5.65. The SMILES string of the molecule is Cc1c(-c2cc(F)c(N)cc2F)ccc2c3oc(N4CCC(NC(=O)O)CC4)nc3c(=O)n(C3CC3)c12. The lowest BCUT2D eigenvalue weighted by atomic mass is 9.96. The van der Waals surface area contributed by atoms with Gasteiger partial charge < -0.3 is 30.0 Å². The summed E-state index contributed by atoms with van der Waals surface area (Å²) in [6.45, 7) is 2.84. The van der Waals surface area contributed by atoms with E-state index < -0.39 is 17.7 Å². The number of benzene rings is 2. The van der Waals surface area contributed by atoms with E-state index in [1.165, 1.54) is 0 Å². The van der Waals surface area contributed by atoms with E-state index in [0.717, 1.165) is 25.0 Å². The van der Waals surface area contributed by atoms with Crippen LogP contribution in [-0.4, -0.2) is 39.9 Å². The van der Waals surface area contributed by atoms with E-state index in [2.05, 4.69) is 10.3 Å². The van der Waals surface area contributed by atoms with Crippen LogP contribution in [0.5, 0.6) is 0 Å². The third-order valence-corrected chi connectivity index (χ3v) is 7.34. The molecule has 1 saturated carbocycles. The van der Waals surface area contributed by atoms with E-state index in [9.17, 15) is 18.4 Å². The van der Waals surface area contributed by atoms with Crippen LogP contribution in [0.4, 0.5) is 25.3 Å². The van der Waals surface area contributed by atoms with Crippen LogP contribution in [0, 0.1) is 18.6 Å². The van der Waals surface area contributed by atoms with Gasteiger partial charge >= 0.3 is 6.09 Å². The first-order valence-electron chi connectivity index (χ1n) is 12.2. The maximum Gasteiger partial charge on any atom is 0.404 e. The number of halogens is 2. The fourth-order valence-electron chi connectivity index (χ4n) is 5.31. The molecule has 0 atom stereocenters. The van der Waals surface area contributed by atoms with Crippen LogP contribution in [0.15, 0.2) is 33.5 Å². The number of rotatable bonds is 4. The highest BCUT2D eigenvalue weighted by molar-refractivity contribution is 6.04. The molecule has 1 aliphatic heterocycles. The molecule has 3 heterocycles. The number of aryl methyl sites for hydroxylation is 1. The summed E-state index contributed by atoms with van der Waals surface area (Å²) in [5.41, 5.74) is 7.31. The number of amides is 1. The Hall–Kier alpha value is -4.15. The molecular formula is C26H25F2N5O4. The van der Waals surface area contributed by atoms with Crippen molar-refractivity contribution < 1.29 is 23.1 Å². The zero-order chi connectivity index (χ0) is 26.0. The third-order valence-electron chi connectivity index (χ3n) is 7.34. The monoisotopic (exact) mass is 509 g/mol. The molecule has 192 valence electrons. The van der Waals surface area contributed by atoms with Gasteiger partial charge in [-0.2, -0.15) is 4.98 Å². The summed E-state index contributed by atoms with van der Waals surface area (Å²) < 4.78 is 36.9. The molecule has 1 amide bonds. The van der Waals surface area contributed by atoms with E-state index in [1.54, 1.807) is 23.6 Å². The summed E-state index contributed by atoms with van der Waals surface area (Å²) >= 11 is 0. The highest BCUT2D eigenvalue weighted by atomic mass is 19.1. The molecule has 37 heavy (non-hydrogen) atoms. The lowest BCUT2D eigenvalue weighted by Crippen LogP contribution is -2.44. The zero-order valence-electron chi connectivity index (χ0n) is 20.1. The Bertz CT molecular complexity index is 1630. The summed E-state index contributed by atoms with van der Waals surface area (Å²) in [7, 11) is 0. The maximum atomic E-state index is 14.8. The number of nitrogens with zero attached hydrogens (tertiary/aromatic N) is 3. The number of hydrogen-bond acceptors (Lipinski definition) is 6. The Morgan fingerprint density at radius 1 is 1.14 bits per heavy atom. The van der Waals surface area contributed by atoms with Gasteiger partial charge in [0.2, 0.25) is 0 Å². The first kappa shape index (κ1) is 23.3. The molecular weight excluding hydrogens is 484 g/mol. The number of oxazole rings is 1. The quantitative estimate of drug-likeness (QED) is 0.345. The van der Waals surface area contributed by atoms with Crippen LogP contribution in [0.2, 0.25) is 0 Å². The van der Waals surface area contributed by atoms with Crippen LogP contribution < -0.4 is 21.5 Å². The number of anilines is 2. The van der Waals surface area contributed by atoms with Gasteiger partial charge in [-0.3, -0.25) is 4.79 Å². The number of fused-ring (bicyclic) bond motifs is 3. The molecule has 0 bridgehead atoms. The second-order valence-electron chi connectivity index (χ2n) is 9.78. The van der Waals surface area contributed by atoms with E-state index >= 15 is 0 Å². The largest absolute Gasteiger partial charge is 0.465 e. The van der Waals surface area contributed by atoms with Crippen molar-refractivity contribution in [3.05, 3.63) is 51.8 Å². The number of aromatic nitrogens is 2. The van der Waals surface area contributed by atoms with Crippen LogP contribution in [-0.2, 0) is 0 Å². The van der Waals surface area contributed by atoms with Crippen molar-refractivity contribution in [1.29, 1.82) is 0 Å². The van der Waals surface area contributed by atoms with Crippen molar-refractivity contribution in [3.63, 3.8) is 0 Å². The minimum absolute atomic E-state index is 0.000612. The van der Waals surface area contributed by atoms with E-state index in [0.29, 0.717) is 59.6 Å². The summed E-state index contributed by atoms with van der Waals surface area (Å²) in [5.74, 6) is -1.36. The standard InChI is InChI=1S/C26H25F2N5O4/c1-12-15(17-10-19(28)20(29)11-18(17)27)4-5-16-22(12)33(14-2-3-14)24(34)21-23(16)37-25(31-21)32-8-6-13(7-9-32)30-26(35)36/h4-5,10-11,13-14,30H,2-3,6-9,29H2,1H3,(H,35,36). The van der Waals surface area contributed by atoms with Crippen molar-refractivity contribution in [3.8, 4) is 11.1 Å². The summed E-state index contributed by atoms with van der Waals surface area (Å²) in [6.07, 6.45) is 1.80. The number of hydrogen-bond donors (Lipinski definition) is 3. The van der Waals surface area contributed by atoms with E-state index in [1.807, 2.05) is 4.90 Å². The number of carboxylic acid groups (broad SMARTS) is 1. The average molecular weight is 510 g/mol. The fourth-order valence-corrected chi connectivity index (χ4v) is 5.31. The minimum Gasteiger partial charge on any atom is -0.465 e. The van der Waals surface area contributed by atoms with Crippen molar-refractivity contribution in [2.75, 3.05) is 23.7 Å². The van der Waals surface area contributed by atoms with Gasteiger partial charge in [0.15, 0.2) is 11.1 Å². The Kier molecular flexibility index (Phi) is 5.32. The van der Waals surface area contributed by atoms with Gasteiger partial charge in [0.25, 0.3) is 11.6 Å². The lowest BCUT2D eigenvalue weighted by Gasteiger charge is -2.30. The Morgan fingerprint density at radius 3 is 2.54 bits per heavy atom. The van der Waals surface area contributed by atoms with Gasteiger partial charge in [-0.15, -0.1) is 0 Å². The number of piperidine rings is 1. The van der Waals surface area contributed by atoms with E-state index in [-0.39, 0.29) is 34.4 Å².